The SMILES string of the molecule is C=C/C=C\C.c1ccc(-c2ccc(-c3cccc(-c4c5ccccc5c(-c5ccc6ccccc6c5)c5ccccc45)c3)cc2)cc1. The Morgan fingerprint density at radius 1 is 0.362 bits per heavy atom. The summed E-state index contributed by atoms with van der Waals surface area (Å²) in [5.74, 6) is 0. The third-order valence-electron chi connectivity index (χ3n) is 8.77. The lowest BCUT2D eigenvalue weighted by Gasteiger charge is -2.18. The van der Waals surface area contributed by atoms with Crippen LogP contribution < -0.4 is 0 Å². The van der Waals surface area contributed by atoms with Crippen LogP contribution in [0.25, 0.3) is 76.8 Å². The maximum atomic E-state index is 3.46. The molecule has 0 N–H and O–H groups in total. The molecule has 0 radical (unpaired) electrons. The molecule has 8 rings (SSSR count). The Bertz CT molecular complexity index is 2300. The fraction of sp³-hybridized carbons (Fsp3) is 0.0213. The summed E-state index contributed by atoms with van der Waals surface area (Å²) in [5.41, 5.74) is 9.98. The first kappa shape index (κ1) is 29.7. The van der Waals surface area contributed by atoms with Crippen molar-refractivity contribution in [2.75, 3.05) is 0 Å². The smallest absolute Gasteiger partial charge is 0.00262 e. The molecule has 0 heteroatoms. The fourth-order valence-corrected chi connectivity index (χ4v) is 6.57. The van der Waals surface area contributed by atoms with Gasteiger partial charge in [0.15, 0.2) is 0 Å². The van der Waals surface area contributed by atoms with Crippen molar-refractivity contribution in [1.29, 1.82) is 0 Å². The van der Waals surface area contributed by atoms with Gasteiger partial charge in [-0.15, -0.1) is 0 Å². The Hall–Kier alpha value is -5.98. The van der Waals surface area contributed by atoms with Gasteiger partial charge in [0, 0.05) is 0 Å². The van der Waals surface area contributed by atoms with Crippen LogP contribution in [0.2, 0.25) is 0 Å². The maximum Gasteiger partial charge on any atom is -0.00262 e. The molecular formula is C47H36. The van der Waals surface area contributed by atoms with E-state index in [2.05, 4.69) is 176 Å². The van der Waals surface area contributed by atoms with Crippen molar-refractivity contribution in [3.05, 3.63) is 195 Å². The molecule has 0 aliphatic rings. The minimum absolute atomic E-state index is 1.22. The van der Waals surface area contributed by atoms with Gasteiger partial charge in [0.2, 0.25) is 0 Å². The molecule has 0 amide bonds. The van der Waals surface area contributed by atoms with Crippen LogP contribution in [0, 0.1) is 0 Å². The van der Waals surface area contributed by atoms with E-state index in [0.717, 1.165) is 0 Å². The van der Waals surface area contributed by atoms with Crippen molar-refractivity contribution in [3.63, 3.8) is 0 Å². The van der Waals surface area contributed by atoms with Crippen molar-refractivity contribution in [1.82, 2.24) is 0 Å². The van der Waals surface area contributed by atoms with E-state index >= 15 is 0 Å². The predicted octanol–water partition coefficient (Wildman–Crippen LogP) is 13.6. The molecule has 0 bridgehead atoms. The van der Waals surface area contributed by atoms with E-state index in [1.165, 1.54) is 76.8 Å². The van der Waals surface area contributed by atoms with Crippen molar-refractivity contribution >= 4 is 32.3 Å². The van der Waals surface area contributed by atoms with Crippen LogP contribution in [0.5, 0.6) is 0 Å². The van der Waals surface area contributed by atoms with Gasteiger partial charge in [-0.1, -0.05) is 183 Å². The van der Waals surface area contributed by atoms with Crippen LogP contribution in [-0.4, -0.2) is 0 Å². The van der Waals surface area contributed by atoms with E-state index in [0.29, 0.717) is 0 Å². The molecule has 8 aromatic carbocycles. The molecule has 0 atom stereocenters. The van der Waals surface area contributed by atoms with Gasteiger partial charge in [-0.2, -0.15) is 0 Å². The largest absolute Gasteiger partial charge is 0.0991 e. The molecule has 47 heavy (non-hydrogen) atoms. The number of hydrogen-bond donors (Lipinski definition) is 0. The van der Waals surface area contributed by atoms with Crippen LogP contribution in [0.15, 0.2) is 195 Å². The molecule has 0 fully saturated rings. The van der Waals surface area contributed by atoms with Crippen molar-refractivity contribution in [2.24, 2.45) is 0 Å². The van der Waals surface area contributed by atoms with E-state index in [9.17, 15) is 0 Å². The van der Waals surface area contributed by atoms with E-state index in [1.54, 1.807) is 6.08 Å². The molecule has 0 spiro atoms. The van der Waals surface area contributed by atoms with Crippen LogP contribution in [-0.2, 0) is 0 Å². The number of allylic oxidation sites excluding steroid dienone is 3. The van der Waals surface area contributed by atoms with Crippen LogP contribution in [0.4, 0.5) is 0 Å². The zero-order valence-corrected chi connectivity index (χ0v) is 26.6. The summed E-state index contributed by atoms with van der Waals surface area (Å²) in [6.07, 6.45) is 5.58. The molecular weight excluding hydrogens is 565 g/mol. The average molecular weight is 601 g/mol. The molecule has 0 saturated heterocycles. The highest BCUT2D eigenvalue weighted by Crippen LogP contribution is 2.44. The van der Waals surface area contributed by atoms with E-state index in [-0.39, 0.29) is 0 Å². The lowest BCUT2D eigenvalue weighted by molar-refractivity contribution is 1.59. The van der Waals surface area contributed by atoms with Gasteiger partial charge >= 0.3 is 0 Å². The van der Waals surface area contributed by atoms with Gasteiger partial charge in [0.1, 0.15) is 0 Å². The Morgan fingerprint density at radius 3 is 1.34 bits per heavy atom. The monoisotopic (exact) mass is 600 g/mol. The second-order valence-electron chi connectivity index (χ2n) is 11.7. The molecule has 0 heterocycles. The summed E-state index contributed by atoms with van der Waals surface area (Å²) in [4.78, 5) is 0. The Balaban J connectivity index is 0.000000656. The highest BCUT2D eigenvalue weighted by molar-refractivity contribution is 6.21. The summed E-state index contributed by atoms with van der Waals surface area (Å²) in [5, 5.41) is 7.63. The third kappa shape index (κ3) is 6.02. The molecule has 8 aromatic rings. The molecule has 0 aliphatic heterocycles. The zero-order chi connectivity index (χ0) is 32.0. The third-order valence-corrected chi connectivity index (χ3v) is 8.77. The average Bonchev–Trinajstić information content (AvgIpc) is 3.14. The summed E-state index contributed by atoms with van der Waals surface area (Å²) < 4.78 is 0. The molecule has 0 unspecified atom stereocenters. The van der Waals surface area contributed by atoms with Gasteiger partial charge < -0.3 is 0 Å². The van der Waals surface area contributed by atoms with E-state index in [4.69, 9.17) is 0 Å². The first-order valence-corrected chi connectivity index (χ1v) is 16.2. The topological polar surface area (TPSA) is 0 Å². The summed E-state index contributed by atoms with van der Waals surface area (Å²) in [6, 6.07) is 61.7. The number of rotatable bonds is 5. The second-order valence-corrected chi connectivity index (χ2v) is 11.7. The highest BCUT2D eigenvalue weighted by Gasteiger charge is 2.17. The number of benzene rings is 8. The Kier molecular flexibility index (Phi) is 8.58. The Morgan fingerprint density at radius 2 is 0.787 bits per heavy atom. The normalized spacial score (nSPS) is 11.1. The molecule has 0 saturated carbocycles. The molecule has 224 valence electrons. The summed E-state index contributed by atoms with van der Waals surface area (Å²) in [7, 11) is 0. The van der Waals surface area contributed by atoms with Crippen molar-refractivity contribution in [2.45, 2.75) is 6.92 Å². The lowest BCUT2D eigenvalue weighted by Crippen LogP contribution is -1.91. The van der Waals surface area contributed by atoms with Gasteiger partial charge in [0.25, 0.3) is 0 Å². The van der Waals surface area contributed by atoms with Gasteiger partial charge in [-0.05, 0) is 95.9 Å². The maximum absolute atomic E-state index is 3.46. The van der Waals surface area contributed by atoms with Crippen molar-refractivity contribution in [3.8, 4) is 44.5 Å². The quantitative estimate of drug-likeness (QED) is 0.136. The second kappa shape index (κ2) is 13.6. The highest BCUT2D eigenvalue weighted by atomic mass is 14.2. The first-order chi connectivity index (χ1) is 23.2. The number of fused-ring (bicyclic) bond motifs is 3. The fourth-order valence-electron chi connectivity index (χ4n) is 6.57. The number of hydrogen-bond acceptors (Lipinski definition) is 0. The van der Waals surface area contributed by atoms with Crippen molar-refractivity contribution < 1.29 is 0 Å². The van der Waals surface area contributed by atoms with Crippen LogP contribution in [0.3, 0.4) is 0 Å². The van der Waals surface area contributed by atoms with Gasteiger partial charge in [0.05, 0.1) is 0 Å². The Labute approximate surface area is 277 Å². The van der Waals surface area contributed by atoms with E-state index < -0.39 is 0 Å². The minimum atomic E-state index is 1.22. The van der Waals surface area contributed by atoms with Crippen LogP contribution in [0.1, 0.15) is 6.92 Å². The lowest BCUT2D eigenvalue weighted by atomic mass is 9.85. The van der Waals surface area contributed by atoms with E-state index in [1.807, 2.05) is 19.1 Å². The standard InChI is InChI=1S/C42H28.C5H8/c1-2-11-29(12-3-1)31-21-23-32(24-22-31)34-15-10-16-35(27-34)41-37-17-6-8-19-39(37)42(40-20-9-7-18-38(40)41)36-26-25-30-13-4-5-14-33(30)28-36;1-3-5-4-2/h1-28H;3-5H,1H2,2H3/b;5-4-. The molecule has 0 aromatic heterocycles. The molecule has 0 nitrogen and oxygen atoms in total. The van der Waals surface area contributed by atoms with Gasteiger partial charge in [-0.3, -0.25) is 0 Å². The first-order valence-electron chi connectivity index (χ1n) is 16.2. The van der Waals surface area contributed by atoms with Gasteiger partial charge in [-0.25, -0.2) is 0 Å². The summed E-state index contributed by atoms with van der Waals surface area (Å²) >= 11 is 0. The summed E-state index contributed by atoms with van der Waals surface area (Å²) in [6.45, 7) is 5.42. The minimum Gasteiger partial charge on any atom is -0.0991 e. The zero-order valence-electron chi connectivity index (χ0n) is 26.6. The molecule has 0 aliphatic carbocycles. The van der Waals surface area contributed by atoms with Crippen LogP contribution >= 0.6 is 0 Å². The predicted molar refractivity (Wildman–Crippen MR) is 206 cm³/mol.